The first-order chi connectivity index (χ1) is 11.3. The van der Waals surface area contributed by atoms with Gasteiger partial charge in [-0.2, -0.15) is 5.10 Å². The SMILES string of the molecule is O[C@@H]1CC(Cn2cccn2)C[C@H]1Nc1ccc2nccnc2n1. The topological polar surface area (TPSA) is 88.8 Å². The molecule has 0 spiro atoms. The quantitative estimate of drug-likeness (QED) is 0.758. The maximum absolute atomic E-state index is 10.3. The van der Waals surface area contributed by atoms with Crippen molar-refractivity contribution in [1.29, 1.82) is 0 Å². The lowest BCUT2D eigenvalue weighted by Crippen LogP contribution is -2.28. The lowest BCUT2D eigenvalue weighted by atomic mass is 10.1. The Hall–Kier alpha value is -2.54. The van der Waals surface area contributed by atoms with Crippen molar-refractivity contribution in [1.82, 2.24) is 24.7 Å². The predicted octanol–water partition coefficient (Wildman–Crippen LogP) is 1.47. The smallest absolute Gasteiger partial charge is 0.180 e. The molecule has 0 bridgehead atoms. The predicted molar refractivity (Wildman–Crippen MR) is 85.7 cm³/mol. The summed E-state index contributed by atoms with van der Waals surface area (Å²) in [4.78, 5) is 12.9. The van der Waals surface area contributed by atoms with E-state index < -0.39 is 0 Å². The maximum atomic E-state index is 10.3. The van der Waals surface area contributed by atoms with Crippen molar-refractivity contribution in [2.75, 3.05) is 5.32 Å². The zero-order valence-corrected chi connectivity index (χ0v) is 12.6. The van der Waals surface area contributed by atoms with Gasteiger partial charge in [-0.15, -0.1) is 0 Å². The summed E-state index contributed by atoms with van der Waals surface area (Å²) in [5, 5.41) is 17.9. The van der Waals surface area contributed by atoms with E-state index in [4.69, 9.17) is 0 Å². The van der Waals surface area contributed by atoms with E-state index in [1.165, 1.54) is 0 Å². The van der Waals surface area contributed by atoms with Crippen molar-refractivity contribution < 1.29 is 5.11 Å². The van der Waals surface area contributed by atoms with Crippen LogP contribution in [0, 0.1) is 5.92 Å². The summed E-state index contributed by atoms with van der Waals surface area (Å²) in [7, 11) is 0. The number of nitrogens with zero attached hydrogens (tertiary/aromatic N) is 5. The van der Waals surface area contributed by atoms with Crippen LogP contribution in [0.2, 0.25) is 0 Å². The van der Waals surface area contributed by atoms with E-state index in [-0.39, 0.29) is 12.1 Å². The fraction of sp³-hybridized carbons (Fsp3) is 0.375. The summed E-state index contributed by atoms with van der Waals surface area (Å²) in [6.45, 7) is 0.832. The highest BCUT2D eigenvalue weighted by Gasteiger charge is 2.33. The second kappa shape index (κ2) is 5.92. The van der Waals surface area contributed by atoms with Gasteiger partial charge in [0.25, 0.3) is 0 Å². The molecule has 0 aromatic carbocycles. The van der Waals surface area contributed by atoms with Crippen molar-refractivity contribution in [3.05, 3.63) is 43.0 Å². The van der Waals surface area contributed by atoms with Gasteiger partial charge in [0.05, 0.1) is 12.1 Å². The molecule has 1 fully saturated rings. The maximum Gasteiger partial charge on any atom is 0.180 e. The van der Waals surface area contributed by atoms with Crippen molar-refractivity contribution >= 4 is 17.0 Å². The number of hydrogen-bond acceptors (Lipinski definition) is 6. The lowest BCUT2D eigenvalue weighted by Gasteiger charge is -2.17. The molecule has 3 heterocycles. The number of fused-ring (bicyclic) bond motifs is 1. The minimum atomic E-state index is -0.380. The summed E-state index contributed by atoms with van der Waals surface area (Å²) in [5.74, 6) is 1.13. The number of pyridine rings is 1. The average Bonchev–Trinajstić information content (AvgIpc) is 3.18. The minimum Gasteiger partial charge on any atom is -0.391 e. The Balaban J connectivity index is 1.45. The normalized spacial score (nSPS) is 24.1. The van der Waals surface area contributed by atoms with Crippen LogP contribution in [-0.4, -0.2) is 42.0 Å². The van der Waals surface area contributed by atoms with E-state index in [0.29, 0.717) is 11.6 Å². The summed E-state index contributed by atoms with van der Waals surface area (Å²) in [6, 6.07) is 5.68. The number of aromatic nitrogens is 5. The van der Waals surface area contributed by atoms with Crippen LogP contribution >= 0.6 is 0 Å². The zero-order valence-electron chi connectivity index (χ0n) is 12.6. The Labute approximate surface area is 133 Å². The van der Waals surface area contributed by atoms with Crippen LogP contribution in [0.15, 0.2) is 43.0 Å². The molecule has 1 aliphatic carbocycles. The van der Waals surface area contributed by atoms with Crippen LogP contribution in [0.1, 0.15) is 12.8 Å². The van der Waals surface area contributed by atoms with Crippen LogP contribution in [0.25, 0.3) is 11.2 Å². The first kappa shape index (κ1) is 14.1. The molecule has 0 radical (unpaired) electrons. The molecule has 0 amide bonds. The third kappa shape index (κ3) is 3.00. The van der Waals surface area contributed by atoms with Gasteiger partial charge in [0.15, 0.2) is 5.65 Å². The molecule has 3 aromatic rings. The van der Waals surface area contributed by atoms with E-state index in [1.807, 2.05) is 29.1 Å². The molecular formula is C16H18N6O. The molecule has 1 saturated carbocycles. The number of aliphatic hydroxyl groups is 1. The molecule has 0 saturated heterocycles. The molecule has 4 rings (SSSR count). The molecule has 2 N–H and O–H groups in total. The summed E-state index contributed by atoms with van der Waals surface area (Å²) in [6.07, 6.45) is 8.29. The van der Waals surface area contributed by atoms with Gasteiger partial charge in [0.2, 0.25) is 0 Å². The van der Waals surface area contributed by atoms with E-state index in [0.717, 1.165) is 30.7 Å². The second-order valence-electron chi connectivity index (χ2n) is 5.98. The Bertz CT molecular complexity index is 790. The van der Waals surface area contributed by atoms with Crippen LogP contribution < -0.4 is 5.32 Å². The van der Waals surface area contributed by atoms with Crippen molar-refractivity contribution in [3.63, 3.8) is 0 Å². The number of hydrogen-bond donors (Lipinski definition) is 2. The van der Waals surface area contributed by atoms with Gasteiger partial charge in [-0.1, -0.05) is 0 Å². The summed E-state index contributed by atoms with van der Waals surface area (Å²) in [5.41, 5.74) is 1.37. The molecule has 7 heteroatoms. The van der Waals surface area contributed by atoms with E-state index in [2.05, 4.69) is 25.4 Å². The largest absolute Gasteiger partial charge is 0.391 e. The van der Waals surface area contributed by atoms with Gasteiger partial charge >= 0.3 is 0 Å². The Kier molecular flexibility index (Phi) is 3.63. The minimum absolute atomic E-state index is 0.00261. The Morgan fingerprint density at radius 2 is 2.09 bits per heavy atom. The first-order valence-corrected chi connectivity index (χ1v) is 7.78. The van der Waals surface area contributed by atoms with Crippen LogP contribution in [0.5, 0.6) is 0 Å². The van der Waals surface area contributed by atoms with Crippen molar-refractivity contribution in [2.45, 2.75) is 31.5 Å². The summed E-state index contributed by atoms with van der Waals surface area (Å²) < 4.78 is 1.92. The zero-order chi connectivity index (χ0) is 15.6. The molecule has 23 heavy (non-hydrogen) atoms. The van der Waals surface area contributed by atoms with Crippen molar-refractivity contribution in [2.24, 2.45) is 5.92 Å². The highest BCUT2D eigenvalue weighted by atomic mass is 16.3. The second-order valence-corrected chi connectivity index (χ2v) is 5.98. The van der Waals surface area contributed by atoms with E-state index in [9.17, 15) is 5.11 Å². The number of anilines is 1. The number of nitrogens with one attached hydrogen (secondary N) is 1. The van der Waals surface area contributed by atoms with Gasteiger partial charge in [0.1, 0.15) is 11.3 Å². The third-order valence-corrected chi connectivity index (χ3v) is 4.30. The molecular weight excluding hydrogens is 292 g/mol. The average molecular weight is 310 g/mol. The van der Waals surface area contributed by atoms with Gasteiger partial charge in [-0.3, -0.25) is 9.67 Å². The fourth-order valence-electron chi connectivity index (χ4n) is 3.22. The standard InChI is InChI=1S/C16H18N6O/c23-14-9-11(10-22-7-1-4-19-22)8-13(14)20-15-3-2-12-16(21-15)18-6-5-17-12/h1-7,11,13-14,23H,8-10H2,(H,18,20,21)/t11?,13-,14-/m1/s1. The van der Waals surface area contributed by atoms with Crippen LogP contribution in [-0.2, 0) is 6.54 Å². The third-order valence-electron chi connectivity index (χ3n) is 4.30. The van der Waals surface area contributed by atoms with Gasteiger partial charge < -0.3 is 10.4 Å². The Morgan fingerprint density at radius 1 is 1.17 bits per heavy atom. The Morgan fingerprint density at radius 3 is 2.96 bits per heavy atom. The van der Waals surface area contributed by atoms with Crippen LogP contribution in [0.4, 0.5) is 5.82 Å². The lowest BCUT2D eigenvalue weighted by molar-refractivity contribution is 0.166. The highest BCUT2D eigenvalue weighted by molar-refractivity contribution is 5.71. The molecule has 3 aromatic heterocycles. The van der Waals surface area contributed by atoms with Gasteiger partial charge in [-0.25, -0.2) is 9.97 Å². The summed E-state index contributed by atoms with van der Waals surface area (Å²) >= 11 is 0. The molecule has 1 unspecified atom stereocenters. The highest BCUT2D eigenvalue weighted by Crippen LogP contribution is 2.29. The molecule has 118 valence electrons. The molecule has 0 aliphatic heterocycles. The van der Waals surface area contributed by atoms with E-state index in [1.54, 1.807) is 18.6 Å². The fourth-order valence-corrected chi connectivity index (χ4v) is 3.22. The molecule has 1 aliphatic rings. The number of aliphatic hydroxyl groups excluding tert-OH is 1. The molecule has 7 nitrogen and oxygen atoms in total. The van der Waals surface area contributed by atoms with Crippen molar-refractivity contribution in [3.8, 4) is 0 Å². The van der Waals surface area contributed by atoms with Gasteiger partial charge in [-0.05, 0) is 37.0 Å². The van der Waals surface area contributed by atoms with Crippen LogP contribution in [0.3, 0.4) is 0 Å². The van der Waals surface area contributed by atoms with Gasteiger partial charge in [0, 0.05) is 31.3 Å². The number of rotatable bonds is 4. The first-order valence-electron chi connectivity index (χ1n) is 7.78. The van der Waals surface area contributed by atoms with E-state index >= 15 is 0 Å². The monoisotopic (exact) mass is 310 g/mol. The molecule has 3 atom stereocenters.